The van der Waals surface area contributed by atoms with E-state index in [1.54, 1.807) is 20.8 Å². The first-order chi connectivity index (χ1) is 9.98. The molecule has 0 saturated carbocycles. The monoisotopic (exact) mass is 321 g/mol. The molecule has 0 heterocycles. The summed E-state index contributed by atoms with van der Waals surface area (Å²) in [7, 11) is 0. The van der Waals surface area contributed by atoms with Crippen molar-refractivity contribution in [1.82, 2.24) is 5.32 Å². The summed E-state index contributed by atoms with van der Waals surface area (Å²) in [5, 5.41) is 2.35. The lowest BCUT2D eigenvalue weighted by atomic mass is 10.0. The van der Waals surface area contributed by atoms with E-state index < -0.39 is 41.7 Å². The van der Waals surface area contributed by atoms with Crippen molar-refractivity contribution in [3.8, 4) is 0 Å². The molecule has 3 nitrogen and oxygen atoms in total. The number of amides is 1. The molecule has 0 radical (unpaired) electrons. The summed E-state index contributed by atoms with van der Waals surface area (Å²) in [5.74, 6) is -5.15. The third-order valence-electron chi connectivity index (χ3n) is 2.79. The Hall–Kier alpha value is -1.79. The molecule has 22 heavy (non-hydrogen) atoms. The zero-order chi connectivity index (χ0) is 17.1. The lowest BCUT2D eigenvalue weighted by Gasteiger charge is -2.23. The van der Waals surface area contributed by atoms with Gasteiger partial charge in [0, 0.05) is 5.56 Å². The number of carbonyl (C=O) groups is 1. The smallest absolute Gasteiger partial charge is 0.408 e. The van der Waals surface area contributed by atoms with E-state index in [-0.39, 0.29) is 5.56 Å². The molecule has 0 aliphatic carbocycles. The summed E-state index contributed by atoms with van der Waals surface area (Å²) < 4.78 is 58.2. The van der Waals surface area contributed by atoms with Gasteiger partial charge >= 0.3 is 12.0 Å². The second kappa shape index (κ2) is 6.54. The molecule has 0 aliphatic heterocycles. The Balaban J connectivity index is 2.98. The van der Waals surface area contributed by atoms with Crippen LogP contribution in [-0.2, 0) is 10.7 Å². The number of ether oxygens (including phenoxy) is 1. The van der Waals surface area contributed by atoms with Crippen LogP contribution in [0.2, 0.25) is 0 Å². The zero-order valence-corrected chi connectivity index (χ0v) is 12.8. The van der Waals surface area contributed by atoms with Crippen LogP contribution >= 0.6 is 0 Å². The lowest BCUT2D eigenvalue weighted by molar-refractivity contribution is -0.0313. The molecule has 1 amide bonds. The zero-order valence-electron chi connectivity index (χ0n) is 12.8. The largest absolute Gasteiger partial charge is 0.444 e. The van der Waals surface area contributed by atoms with Crippen LogP contribution in [0, 0.1) is 5.82 Å². The van der Waals surface area contributed by atoms with Crippen LogP contribution in [0.25, 0.3) is 0 Å². The summed E-state index contributed by atoms with van der Waals surface area (Å²) in [6, 6.07) is 2.34. The van der Waals surface area contributed by atoms with Crippen molar-refractivity contribution in [2.24, 2.45) is 0 Å². The van der Waals surface area contributed by atoms with Crippen molar-refractivity contribution in [2.45, 2.75) is 45.3 Å². The molecule has 0 aliphatic rings. The van der Waals surface area contributed by atoms with Gasteiger partial charge in [0.2, 0.25) is 0 Å². The number of benzene rings is 1. The highest BCUT2D eigenvalue weighted by molar-refractivity contribution is 5.68. The molecule has 1 aromatic carbocycles. The summed E-state index contributed by atoms with van der Waals surface area (Å²) in [6.07, 6.45) is -0.804. The van der Waals surface area contributed by atoms with E-state index in [0.717, 1.165) is 6.07 Å². The number of carbonyl (C=O) groups excluding carboxylic acids is 1. The van der Waals surface area contributed by atoms with Gasteiger partial charge in [-0.2, -0.15) is 8.78 Å². The van der Waals surface area contributed by atoms with E-state index in [0.29, 0.717) is 0 Å². The van der Waals surface area contributed by atoms with E-state index in [9.17, 15) is 22.4 Å². The van der Waals surface area contributed by atoms with Gasteiger partial charge in [-0.25, -0.2) is 13.6 Å². The Kier molecular flexibility index (Phi) is 5.43. The molecule has 1 rings (SSSR count). The molecule has 7 heteroatoms. The number of alkyl carbamates (subject to hydrolysis) is 1. The first-order valence-electron chi connectivity index (χ1n) is 6.70. The number of halogens is 4. The van der Waals surface area contributed by atoms with Gasteiger partial charge in [-0.3, -0.25) is 0 Å². The van der Waals surface area contributed by atoms with Gasteiger partial charge in [0.05, 0.1) is 11.6 Å². The SMILES string of the molecule is C[C@@H](NC(=O)OC(C)(C)C)c1cccc(C(F)(F)CF)c1F. The third kappa shape index (κ3) is 4.61. The standard InChI is InChI=1S/C15H19F4NO2/c1-9(20-13(21)22-14(2,3)4)10-6-5-7-11(12(10)17)15(18,19)8-16/h5-7,9H,8H2,1-4H3,(H,20,21)/t9-/m1/s1. The van der Waals surface area contributed by atoms with E-state index in [2.05, 4.69) is 5.32 Å². The minimum Gasteiger partial charge on any atom is -0.444 e. The quantitative estimate of drug-likeness (QED) is 0.831. The van der Waals surface area contributed by atoms with Gasteiger partial charge in [-0.1, -0.05) is 12.1 Å². The van der Waals surface area contributed by atoms with E-state index >= 15 is 0 Å². The van der Waals surface area contributed by atoms with E-state index in [4.69, 9.17) is 4.74 Å². The molecule has 0 fully saturated rings. The van der Waals surface area contributed by atoms with Crippen molar-refractivity contribution in [2.75, 3.05) is 6.67 Å². The molecule has 0 spiro atoms. The van der Waals surface area contributed by atoms with Crippen LogP contribution in [0.4, 0.5) is 22.4 Å². The molecule has 0 saturated heterocycles. The Bertz CT molecular complexity index is 541. The fraction of sp³-hybridized carbons (Fsp3) is 0.533. The second-order valence-electron chi connectivity index (χ2n) is 5.91. The predicted molar refractivity (Wildman–Crippen MR) is 74.1 cm³/mol. The Labute approximate surface area is 126 Å². The lowest BCUT2D eigenvalue weighted by Crippen LogP contribution is -2.34. The van der Waals surface area contributed by atoms with Crippen LogP contribution < -0.4 is 5.32 Å². The molecule has 1 atom stereocenters. The summed E-state index contributed by atoms with van der Waals surface area (Å²) >= 11 is 0. The van der Waals surface area contributed by atoms with Crippen molar-refractivity contribution in [3.63, 3.8) is 0 Å². The van der Waals surface area contributed by atoms with Gasteiger partial charge in [0.1, 0.15) is 11.4 Å². The maximum Gasteiger partial charge on any atom is 0.408 e. The second-order valence-corrected chi connectivity index (χ2v) is 5.91. The predicted octanol–water partition coefficient (Wildman–Crippen LogP) is 4.47. The molecule has 124 valence electrons. The van der Waals surface area contributed by atoms with Crippen LogP contribution in [0.15, 0.2) is 18.2 Å². The maximum atomic E-state index is 14.2. The minimum absolute atomic E-state index is 0.170. The molecular weight excluding hydrogens is 302 g/mol. The molecule has 0 bridgehead atoms. The summed E-state index contributed by atoms with van der Waals surface area (Å²) in [6.45, 7) is 4.38. The Morgan fingerprint density at radius 3 is 2.41 bits per heavy atom. The van der Waals surface area contributed by atoms with Crippen molar-refractivity contribution in [1.29, 1.82) is 0 Å². The van der Waals surface area contributed by atoms with Gasteiger partial charge < -0.3 is 10.1 Å². The number of hydrogen-bond acceptors (Lipinski definition) is 2. The van der Waals surface area contributed by atoms with Crippen molar-refractivity contribution >= 4 is 6.09 Å². The number of nitrogens with one attached hydrogen (secondary N) is 1. The van der Waals surface area contributed by atoms with E-state index in [1.807, 2.05) is 0 Å². The molecule has 0 unspecified atom stereocenters. The highest BCUT2D eigenvalue weighted by atomic mass is 19.3. The first kappa shape index (κ1) is 18.3. The maximum absolute atomic E-state index is 14.2. The van der Waals surface area contributed by atoms with Crippen molar-refractivity contribution in [3.05, 3.63) is 35.1 Å². The van der Waals surface area contributed by atoms with Crippen LogP contribution in [0.3, 0.4) is 0 Å². The Morgan fingerprint density at radius 1 is 1.32 bits per heavy atom. The molecule has 1 N–H and O–H groups in total. The highest BCUT2D eigenvalue weighted by Gasteiger charge is 2.36. The fourth-order valence-electron chi connectivity index (χ4n) is 1.80. The molecular formula is C15H19F4NO2. The highest BCUT2D eigenvalue weighted by Crippen LogP contribution is 2.33. The average Bonchev–Trinajstić information content (AvgIpc) is 2.36. The average molecular weight is 321 g/mol. The van der Waals surface area contributed by atoms with Gasteiger partial charge in [0.25, 0.3) is 0 Å². The summed E-state index contributed by atoms with van der Waals surface area (Å²) in [5.41, 5.74) is -1.95. The Morgan fingerprint density at radius 2 is 1.91 bits per heavy atom. The van der Waals surface area contributed by atoms with Gasteiger partial charge in [-0.05, 0) is 33.8 Å². The number of hydrogen-bond donors (Lipinski definition) is 1. The number of rotatable bonds is 4. The fourth-order valence-corrected chi connectivity index (χ4v) is 1.80. The number of alkyl halides is 3. The van der Waals surface area contributed by atoms with Crippen LogP contribution in [-0.4, -0.2) is 18.4 Å². The van der Waals surface area contributed by atoms with Gasteiger partial charge in [-0.15, -0.1) is 0 Å². The molecule has 1 aromatic rings. The first-order valence-corrected chi connectivity index (χ1v) is 6.70. The van der Waals surface area contributed by atoms with Gasteiger partial charge in [0.15, 0.2) is 6.67 Å². The van der Waals surface area contributed by atoms with Crippen molar-refractivity contribution < 1.29 is 27.1 Å². The van der Waals surface area contributed by atoms with Crippen LogP contribution in [0.1, 0.15) is 44.9 Å². The van der Waals surface area contributed by atoms with Crippen LogP contribution in [0.5, 0.6) is 0 Å². The minimum atomic E-state index is -3.91. The van der Waals surface area contributed by atoms with E-state index in [1.165, 1.54) is 19.1 Å². The topological polar surface area (TPSA) is 38.3 Å². The normalized spacial score (nSPS) is 13.6. The third-order valence-corrected chi connectivity index (χ3v) is 2.79. The summed E-state index contributed by atoms with van der Waals surface area (Å²) in [4.78, 5) is 11.6. The molecule has 0 aromatic heterocycles.